The molecule has 0 unspecified atom stereocenters. The molecule has 1 aliphatic rings. The van der Waals surface area contributed by atoms with Gasteiger partial charge >= 0.3 is 0 Å². The first-order valence-electron chi connectivity index (χ1n) is 6.47. The minimum atomic E-state index is -3.79. The molecule has 0 saturated heterocycles. The molecule has 0 spiro atoms. The Bertz CT molecular complexity index is 801. The van der Waals surface area contributed by atoms with Gasteiger partial charge in [0.2, 0.25) is 0 Å². The second-order valence-corrected chi connectivity index (χ2v) is 7.89. The van der Waals surface area contributed by atoms with E-state index in [1.807, 2.05) is 12.1 Å². The van der Waals surface area contributed by atoms with Gasteiger partial charge in [-0.2, -0.15) is 0 Å². The molecular formula is C15H12Cl2O3S. The van der Waals surface area contributed by atoms with Crippen LogP contribution in [0.1, 0.15) is 17.5 Å². The first-order valence-corrected chi connectivity index (χ1v) is 9.16. The first-order chi connectivity index (χ1) is 9.93. The van der Waals surface area contributed by atoms with Gasteiger partial charge in [0.25, 0.3) is 9.05 Å². The van der Waals surface area contributed by atoms with Gasteiger partial charge in [0, 0.05) is 10.7 Å². The third-order valence-electron chi connectivity index (χ3n) is 3.48. The average molecular weight is 343 g/mol. The summed E-state index contributed by atoms with van der Waals surface area (Å²) in [6.45, 7) is 0. The van der Waals surface area contributed by atoms with Crippen LogP contribution in [0.15, 0.2) is 41.3 Å². The number of fused-ring (bicyclic) bond motifs is 1. The van der Waals surface area contributed by atoms with E-state index >= 15 is 0 Å². The molecule has 0 amide bonds. The molecule has 0 bridgehead atoms. The molecule has 2 aromatic carbocycles. The van der Waals surface area contributed by atoms with E-state index in [0.717, 1.165) is 12.8 Å². The van der Waals surface area contributed by atoms with E-state index in [4.69, 9.17) is 27.0 Å². The lowest BCUT2D eigenvalue weighted by atomic mass is 10.1. The molecule has 2 aromatic rings. The van der Waals surface area contributed by atoms with E-state index in [9.17, 15) is 8.42 Å². The Hall–Kier alpha value is -1.23. The van der Waals surface area contributed by atoms with Crippen LogP contribution < -0.4 is 4.74 Å². The van der Waals surface area contributed by atoms with Crippen molar-refractivity contribution in [2.75, 3.05) is 0 Å². The van der Waals surface area contributed by atoms with Gasteiger partial charge < -0.3 is 4.74 Å². The van der Waals surface area contributed by atoms with Crippen LogP contribution in [-0.4, -0.2) is 8.42 Å². The second-order valence-electron chi connectivity index (χ2n) is 4.92. The molecule has 21 heavy (non-hydrogen) atoms. The largest absolute Gasteiger partial charge is 0.456 e. The van der Waals surface area contributed by atoms with E-state index in [0.29, 0.717) is 11.5 Å². The molecule has 0 N–H and O–H groups in total. The lowest BCUT2D eigenvalue weighted by Crippen LogP contribution is -1.92. The summed E-state index contributed by atoms with van der Waals surface area (Å²) in [5, 5.41) is 0.206. The molecule has 0 aromatic heterocycles. The zero-order valence-corrected chi connectivity index (χ0v) is 13.3. The van der Waals surface area contributed by atoms with Gasteiger partial charge in [0.15, 0.2) is 0 Å². The Morgan fingerprint density at radius 2 is 1.76 bits per heavy atom. The van der Waals surface area contributed by atoms with Crippen molar-refractivity contribution in [2.24, 2.45) is 0 Å². The highest BCUT2D eigenvalue weighted by Crippen LogP contribution is 2.34. The van der Waals surface area contributed by atoms with Crippen molar-refractivity contribution in [1.29, 1.82) is 0 Å². The Morgan fingerprint density at radius 3 is 2.48 bits per heavy atom. The van der Waals surface area contributed by atoms with Crippen LogP contribution >= 0.6 is 22.3 Å². The van der Waals surface area contributed by atoms with E-state index in [2.05, 4.69) is 6.07 Å². The molecule has 0 atom stereocenters. The summed E-state index contributed by atoms with van der Waals surface area (Å²) in [6.07, 6.45) is 3.34. The maximum atomic E-state index is 11.2. The Kier molecular flexibility index (Phi) is 3.86. The van der Waals surface area contributed by atoms with Gasteiger partial charge in [-0.15, -0.1) is 0 Å². The molecule has 0 fully saturated rings. The van der Waals surface area contributed by atoms with Gasteiger partial charge in [-0.3, -0.25) is 0 Å². The molecule has 0 saturated carbocycles. The average Bonchev–Trinajstić information content (AvgIpc) is 2.87. The Labute approximate surface area is 132 Å². The lowest BCUT2D eigenvalue weighted by molar-refractivity contribution is 0.482. The third-order valence-corrected chi connectivity index (χ3v) is 5.13. The van der Waals surface area contributed by atoms with Crippen LogP contribution in [0.25, 0.3) is 0 Å². The van der Waals surface area contributed by atoms with Crippen LogP contribution in [0.2, 0.25) is 5.02 Å². The van der Waals surface area contributed by atoms with Crippen molar-refractivity contribution in [2.45, 2.75) is 24.2 Å². The third kappa shape index (κ3) is 3.18. The number of halogens is 2. The van der Waals surface area contributed by atoms with Gasteiger partial charge in [0.05, 0.1) is 9.92 Å². The van der Waals surface area contributed by atoms with Crippen molar-refractivity contribution < 1.29 is 13.2 Å². The fourth-order valence-corrected chi connectivity index (χ4v) is 3.52. The fourth-order valence-electron chi connectivity index (χ4n) is 2.45. The summed E-state index contributed by atoms with van der Waals surface area (Å²) in [6, 6.07) is 10.1. The van der Waals surface area contributed by atoms with Crippen molar-refractivity contribution in [3.63, 3.8) is 0 Å². The molecule has 3 rings (SSSR count). The molecule has 3 nitrogen and oxygen atoms in total. The number of benzene rings is 2. The molecule has 6 heteroatoms. The Balaban J connectivity index is 1.88. The van der Waals surface area contributed by atoms with Gasteiger partial charge in [-0.05, 0) is 60.7 Å². The van der Waals surface area contributed by atoms with Gasteiger partial charge in [0.1, 0.15) is 11.5 Å². The number of hydrogen-bond acceptors (Lipinski definition) is 3. The lowest BCUT2D eigenvalue weighted by Gasteiger charge is -2.10. The van der Waals surface area contributed by atoms with Gasteiger partial charge in [-0.1, -0.05) is 17.7 Å². The highest BCUT2D eigenvalue weighted by Gasteiger charge is 2.15. The molecule has 110 valence electrons. The van der Waals surface area contributed by atoms with E-state index < -0.39 is 9.05 Å². The quantitative estimate of drug-likeness (QED) is 0.768. The topological polar surface area (TPSA) is 43.4 Å². The van der Waals surface area contributed by atoms with E-state index in [-0.39, 0.29) is 9.92 Å². The summed E-state index contributed by atoms with van der Waals surface area (Å²) in [4.78, 5) is -0.0459. The number of rotatable bonds is 3. The number of aryl methyl sites for hydroxylation is 2. The molecule has 0 heterocycles. The zero-order valence-electron chi connectivity index (χ0n) is 11.0. The SMILES string of the molecule is O=S(=O)(Cl)c1ccc(Oc2ccc3c(c2)CCC3)c(Cl)c1. The van der Waals surface area contributed by atoms with Crippen LogP contribution in [0.4, 0.5) is 0 Å². The van der Waals surface area contributed by atoms with Crippen LogP contribution in [0.5, 0.6) is 11.5 Å². The summed E-state index contributed by atoms with van der Waals surface area (Å²) in [7, 11) is 1.49. The van der Waals surface area contributed by atoms with Crippen LogP contribution in [0, 0.1) is 0 Å². The zero-order chi connectivity index (χ0) is 15.0. The normalized spacial score (nSPS) is 14.0. The van der Waals surface area contributed by atoms with E-state index in [1.165, 1.54) is 35.7 Å². The molecule has 0 aliphatic heterocycles. The van der Waals surface area contributed by atoms with Crippen molar-refractivity contribution >= 4 is 31.3 Å². The van der Waals surface area contributed by atoms with Crippen LogP contribution in [0.3, 0.4) is 0 Å². The summed E-state index contributed by atoms with van der Waals surface area (Å²) < 4.78 is 28.2. The van der Waals surface area contributed by atoms with Crippen molar-refractivity contribution in [1.82, 2.24) is 0 Å². The number of hydrogen-bond donors (Lipinski definition) is 0. The summed E-state index contributed by atoms with van der Waals surface area (Å²) >= 11 is 6.05. The fraction of sp³-hybridized carbons (Fsp3) is 0.200. The summed E-state index contributed by atoms with van der Waals surface area (Å²) in [5.74, 6) is 1.10. The Morgan fingerprint density at radius 1 is 1.00 bits per heavy atom. The minimum absolute atomic E-state index is 0.0459. The monoisotopic (exact) mass is 342 g/mol. The maximum Gasteiger partial charge on any atom is 0.261 e. The number of ether oxygens (including phenoxy) is 1. The smallest absolute Gasteiger partial charge is 0.261 e. The van der Waals surface area contributed by atoms with Crippen molar-refractivity contribution in [3.05, 3.63) is 52.5 Å². The second kappa shape index (κ2) is 5.52. The maximum absolute atomic E-state index is 11.2. The first kappa shape index (κ1) is 14.7. The van der Waals surface area contributed by atoms with Gasteiger partial charge in [-0.25, -0.2) is 8.42 Å². The standard InChI is InChI=1S/C15H12Cl2O3S/c16-14-9-13(21(17,18)19)6-7-15(14)20-12-5-4-10-2-1-3-11(10)8-12/h4-9H,1-3H2. The predicted octanol–water partition coefficient (Wildman–Crippen LogP) is 4.55. The highest BCUT2D eigenvalue weighted by atomic mass is 35.7. The highest BCUT2D eigenvalue weighted by molar-refractivity contribution is 8.13. The van der Waals surface area contributed by atoms with Crippen molar-refractivity contribution in [3.8, 4) is 11.5 Å². The molecule has 1 aliphatic carbocycles. The predicted molar refractivity (Wildman–Crippen MR) is 83.0 cm³/mol. The minimum Gasteiger partial charge on any atom is -0.456 e. The summed E-state index contributed by atoms with van der Waals surface area (Å²) in [5.41, 5.74) is 2.65. The van der Waals surface area contributed by atoms with Crippen LogP contribution in [-0.2, 0) is 21.9 Å². The molecule has 0 radical (unpaired) electrons. The van der Waals surface area contributed by atoms with E-state index in [1.54, 1.807) is 0 Å². The molecular weight excluding hydrogens is 331 g/mol.